The Hall–Kier alpha value is -2.20. The molecule has 30 heavy (non-hydrogen) atoms. The van der Waals surface area contributed by atoms with Crippen molar-refractivity contribution in [1.29, 1.82) is 0 Å². The van der Waals surface area contributed by atoms with Crippen LogP contribution in [0.1, 0.15) is 15.9 Å². The fraction of sp³-hybridized carbons (Fsp3) is 0.300. The van der Waals surface area contributed by atoms with E-state index in [2.05, 4.69) is 15.5 Å². The Kier molecular flexibility index (Phi) is 6.97. The van der Waals surface area contributed by atoms with Crippen molar-refractivity contribution >= 4 is 56.2 Å². The molecular weight excluding hydrogens is 444 g/mol. The van der Waals surface area contributed by atoms with Crippen molar-refractivity contribution in [2.24, 2.45) is 0 Å². The Labute approximate surface area is 187 Å². The Morgan fingerprint density at radius 3 is 2.27 bits per heavy atom. The van der Waals surface area contributed by atoms with Gasteiger partial charge >= 0.3 is 0 Å². The zero-order chi connectivity index (χ0) is 21.9. The number of aryl methyl sites for hydroxylation is 1. The lowest BCUT2D eigenvalue weighted by Crippen LogP contribution is -2.48. The van der Waals surface area contributed by atoms with Crippen molar-refractivity contribution in [2.45, 2.75) is 6.92 Å². The molecule has 1 amide bonds. The van der Waals surface area contributed by atoms with Crippen LogP contribution in [0.25, 0.3) is 0 Å². The quantitative estimate of drug-likeness (QED) is 0.674. The van der Waals surface area contributed by atoms with Gasteiger partial charge in [0.15, 0.2) is 5.11 Å². The van der Waals surface area contributed by atoms with Gasteiger partial charge in [0.05, 0.1) is 16.8 Å². The van der Waals surface area contributed by atoms with Crippen molar-refractivity contribution in [3.63, 3.8) is 0 Å². The highest BCUT2D eigenvalue weighted by Gasteiger charge is 2.23. The Balaban J connectivity index is 1.55. The summed E-state index contributed by atoms with van der Waals surface area (Å²) in [5, 5.41) is 6.15. The van der Waals surface area contributed by atoms with E-state index in [4.69, 9.17) is 23.8 Å². The van der Waals surface area contributed by atoms with Crippen LogP contribution >= 0.6 is 23.8 Å². The molecule has 0 radical (unpaired) electrons. The molecule has 3 rings (SSSR count). The van der Waals surface area contributed by atoms with Crippen LogP contribution in [0, 0.1) is 6.92 Å². The first-order valence-electron chi connectivity index (χ1n) is 9.32. The van der Waals surface area contributed by atoms with E-state index in [1.165, 1.54) is 10.6 Å². The molecule has 0 saturated carbocycles. The van der Waals surface area contributed by atoms with Gasteiger partial charge in [0.2, 0.25) is 10.0 Å². The molecule has 0 aromatic heterocycles. The predicted octanol–water partition coefficient (Wildman–Crippen LogP) is 2.86. The fourth-order valence-corrected chi connectivity index (χ4v) is 4.53. The van der Waals surface area contributed by atoms with E-state index in [-0.39, 0.29) is 11.0 Å². The highest BCUT2D eigenvalue weighted by Crippen LogP contribution is 2.21. The van der Waals surface area contributed by atoms with Gasteiger partial charge in [0.1, 0.15) is 0 Å². The Bertz CT molecular complexity index is 1050. The number of amides is 1. The maximum Gasteiger partial charge on any atom is 0.258 e. The summed E-state index contributed by atoms with van der Waals surface area (Å²) in [4.78, 5) is 14.5. The SMILES string of the molecule is Cc1ccc(C(=O)NC(=S)Nc2ccc(N3CCN(S(C)(=O)=O)CC3)cc2)c(Cl)c1. The van der Waals surface area contributed by atoms with Crippen LogP contribution in [-0.2, 0) is 10.0 Å². The number of sulfonamides is 1. The van der Waals surface area contributed by atoms with Gasteiger partial charge in [-0.1, -0.05) is 17.7 Å². The molecule has 0 bridgehead atoms. The summed E-state index contributed by atoms with van der Waals surface area (Å²) in [6.07, 6.45) is 1.23. The smallest absolute Gasteiger partial charge is 0.258 e. The highest BCUT2D eigenvalue weighted by molar-refractivity contribution is 7.88. The summed E-state index contributed by atoms with van der Waals surface area (Å²) >= 11 is 11.4. The van der Waals surface area contributed by atoms with E-state index < -0.39 is 10.0 Å². The molecule has 1 heterocycles. The van der Waals surface area contributed by atoms with Gasteiger partial charge in [-0.05, 0) is 61.1 Å². The molecule has 10 heteroatoms. The van der Waals surface area contributed by atoms with Crippen molar-refractivity contribution in [1.82, 2.24) is 9.62 Å². The first-order chi connectivity index (χ1) is 14.1. The van der Waals surface area contributed by atoms with E-state index in [0.29, 0.717) is 36.8 Å². The normalized spacial score (nSPS) is 15.0. The average Bonchev–Trinajstić information content (AvgIpc) is 2.68. The summed E-state index contributed by atoms with van der Waals surface area (Å²) in [6.45, 7) is 4.10. The topological polar surface area (TPSA) is 81.8 Å². The van der Waals surface area contributed by atoms with Gasteiger partial charge < -0.3 is 10.2 Å². The zero-order valence-corrected chi connectivity index (χ0v) is 19.1. The van der Waals surface area contributed by atoms with E-state index in [1.54, 1.807) is 12.1 Å². The minimum Gasteiger partial charge on any atom is -0.369 e. The van der Waals surface area contributed by atoms with Crippen molar-refractivity contribution in [3.8, 4) is 0 Å². The number of carbonyl (C=O) groups excluding carboxylic acids is 1. The summed E-state index contributed by atoms with van der Waals surface area (Å²) in [5.41, 5.74) is 3.05. The molecule has 0 atom stereocenters. The average molecular weight is 467 g/mol. The lowest BCUT2D eigenvalue weighted by molar-refractivity contribution is 0.0978. The van der Waals surface area contributed by atoms with Crippen LogP contribution in [0.15, 0.2) is 42.5 Å². The first-order valence-corrected chi connectivity index (χ1v) is 12.0. The fourth-order valence-electron chi connectivity index (χ4n) is 3.17. The van der Waals surface area contributed by atoms with Crippen LogP contribution in [0.3, 0.4) is 0 Å². The molecule has 1 fully saturated rings. The zero-order valence-electron chi connectivity index (χ0n) is 16.7. The number of nitrogens with one attached hydrogen (secondary N) is 2. The maximum absolute atomic E-state index is 12.4. The molecule has 2 aromatic rings. The number of benzene rings is 2. The summed E-state index contributed by atoms with van der Waals surface area (Å²) in [7, 11) is -3.15. The molecule has 7 nitrogen and oxygen atoms in total. The predicted molar refractivity (Wildman–Crippen MR) is 125 cm³/mol. The number of piperazine rings is 1. The minimum absolute atomic E-state index is 0.172. The third-order valence-corrected chi connectivity index (χ3v) is 6.61. The molecule has 0 unspecified atom stereocenters. The van der Waals surface area contributed by atoms with Crippen LogP contribution < -0.4 is 15.5 Å². The van der Waals surface area contributed by atoms with Gasteiger partial charge in [-0.2, -0.15) is 4.31 Å². The number of hydrogen-bond donors (Lipinski definition) is 2. The number of nitrogens with zero attached hydrogens (tertiary/aromatic N) is 2. The Morgan fingerprint density at radius 2 is 1.70 bits per heavy atom. The summed E-state index contributed by atoms with van der Waals surface area (Å²) in [5.74, 6) is -0.377. The number of thiocarbonyl (C=S) groups is 1. The second-order valence-electron chi connectivity index (χ2n) is 7.09. The van der Waals surface area contributed by atoms with Crippen molar-refractivity contribution < 1.29 is 13.2 Å². The van der Waals surface area contributed by atoms with Crippen molar-refractivity contribution in [2.75, 3.05) is 42.7 Å². The number of rotatable bonds is 4. The van der Waals surface area contributed by atoms with Crippen LogP contribution in [0.2, 0.25) is 5.02 Å². The van der Waals surface area contributed by atoms with Crippen LogP contribution in [0.4, 0.5) is 11.4 Å². The second kappa shape index (κ2) is 9.30. The molecule has 2 aromatic carbocycles. The molecule has 160 valence electrons. The molecule has 0 aliphatic carbocycles. The lowest BCUT2D eigenvalue weighted by atomic mass is 10.1. The third kappa shape index (κ3) is 5.69. The van der Waals surface area contributed by atoms with Gasteiger partial charge in [-0.25, -0.2) is 8.42 Å². The van der Waals surface area contributed by atoms with Gasteiger partial charge in [0, 0.05) is 37.6 Å². The van der Waals surface area contributed by atoms with Gasteiger partial charge in [-0.3, -0.25) is 10.1 Å². The van der Waals surface area contributed by atoms with E-state index in [1.807, 2.05) is 37.3 Å². The first kappa shape index (κ1) is 22.5. The summed E-state index contributed by atoms with van der Waals surface area (Å²) in [6, 6.07) is 12.8. The van der Waals surface area contributed by atoms with E-state index in [9.17, 15) is 13.2 Å². The lowest BCUT2D eigenvalue weighted by Gasteiger charge is -2.34. The highest BCUT2D eigenvalue weighted by atomic mass is 35.5. The molecular formula is C20H23ClN4O3S2. The second-order valence-corrected chi connectivity index (χ2v) is 9.89. The molecule has 0 spiro atoms. The maximum atomic E-state index is 12.4. The van der Waals surface area contributed by atoms with Crippen LogP contribution in [-0.4, -0.2) is 56.2 Å². The molecule has 1 aliphatic rings. The van der Waals surface area contributed by atoms with Crippen molar-refractivity contribution in [3.05, 3.63) is 58.6 Å². The molecule has 2 N–H and O–H groups in total. The number of anilines is 2. The molecule has 1 saturated heterocycles. The number of hydrogen-bond acceptors (Lipinski definition) is 5. The Morgan fingerprint density at radius 1 is 1.07 bits per heavy atom. The largest absolute Gasteiger partial charge is 0.369 e. The van der Waals surface area contributed by atoms with E-state index >= 15 is 0 Å². The van der Waals surface area contributed by atoms with Gasteiger partial charge in [-0.15, -0.1) is 0 Å². The minimum atomic E-state index is -3.15. The number of carbonyl (C=O) groups is 1. The van der Waals surface area contributed by atoms with Crippen LogP contribution in [0.5, 0.6) is 0 Å². The monoisotopic (exact) mass is 466 g/mol. The molecule has 1 aliphatic heterocycles. The van der Waals surface area contributed by atoms with Gasteiger partial charge in [0.25, 0.3) is 5.91 Å². The third-order valence-electron chi connectivity index (χ3n) is 4.79. The standard InChI is InChI=1S/C20H23ClN4O3S2/c1-14-3-8-17(18(21)13-14)19(26)23-20(29)22-15-4-6-16(7-5-15)24-9-11-25(12-10-24)30(2,27)28/h3-8,13H,9-12H2,1-2H3,(H2,22,23,26,29). The number of halogens is 1. The van der Waals surface area contributed by atoms with E-state index in [0.717, 1.165) is 16.9 Å². The summed E-state index contributed by atoms with van der Waals surface area (Å²) < 4.78 is 24.7.